The normalized spacial score (nSPS) is 16.2. The summed E-state index contributed by atoms with van der Waals surface area (Å²) in [5.41, 5.74) is 0. The maximum absolute atomic E-state index is 8.93. The summed E-state index contributed by atoms with van der Waals surface area (Å²) in [6.07, 6.45) is 3.23. The van der Waals surface area contributed by atoms with Crippen LogP contribution in [0.4, 0.5) is 0 Å². The number of rotatable bonds is 5. The molecule has 0 radical (unpaired) electrons. The number of hydrogen-bond donors (Lipinski definition) is 0. The largest absolute Gasteiger partial charge is 0.303 e. The van der Waals surface area contributed by atoms with Crippen LogP contribution in [0.2, 0.25) is 0 Å². The number of nitriles is 1. The van der Waals surface area contributed by atoms with Crippen LogP contribution in [0.15, 0.2) is 22.7 Å². The molecule has 19 heavy (non-hydrogen) atoms. The first-order valence-corrected chi connectivity index (χ1v) is 8.06. The van der Waals surface area contributed by atoms with E-state index < -0.39 is 0 Å². The first-order chi connectivity index (χ1) is 9.28. The van der Waals surface area contributed by atoms with Gasteiger partial charge in [0.2, 0.25) is 0 Å². The molecule has 1 fully saturated rings. The lowest BCUT2D eigenvalue weighted by atomic mass is 10.3. The lowest BCUT2D eigenvalue weighted by Gasteiger charge is -2.08. The molecule has 0 N–H and O–H groups in total. The molecule has 0 aromatic carbocycles. The van der Waals surface area contributed by atoms with E-state index in [9.17, 15) is 0 Å². The SMILES string of the molecule is C[C@@H](C#N)Sc1nnc(Cc2cccs2)n1C1CC1. The van der Waals surface area contributed by atoms with Crippen molar-refractivity contribution in [3.05, 3.63) is 28.2 Å². The fourth-order valence-corrected chi connectivity index (χ4v) is 3.49. The number of aromatic nitrogens is 3. The Balaban J connectivity index is 1.86. The summed E-state index contributed by atoms with van der Waals surface area (Å²) >= 11 is 3.25. The molecule has 1 saturated carbocycles. The Kier molecular flexibility index (Phi) is 3.58. The fourth-order valence-electron chi connectivity index (χ4n) is 1.96. The fraction of sp³-hybridized carbons (Fsp3) is 0.462. The van der Waals surface area contributed by atoms with Crippen LogP contribution in [0.25, 0.3) is 0 Å². The second kappa shape index (κ2) is 5.35. The first kappa shape index (κ1) is 12.7. The Morgan fingerprint density at radius 2 is 2.42 bits per heavy atom. The lowest BCUT2D eigenvalue weighted by molar-refractivity contribution is 0.634. The van der Waals surface area contributed by atoms with Gasteiger partial charge in [0.15, 0.2) is 5.16 Å². The zero-order valence-corrected chi connectivity index (χ0v) is 12.2. The Bertz CT molecular complexity index is 593. The molecule has 2 aromatic heterocycles. The van der Waals surface area contributed by atoms with Gasteiger partial charge in [0.1, 0.15) is 5.82 Å². The molecule has 3 rings (SSSR count). The van der Waals surface area contributed by atoms with E-state index in [4.69, 9.17) is 5.26 Å². The molecule has 0 spiro atoms. The predicted molar refractivity (Wildman–Crippen MR) is 76.4 cm³/mol. The van der Waals surface area contributed by atoms with Gasteiger partial charge >= 0.3 is 0 Å². The maximum Gasteiger partial charge on any atom is 0.192 e. The van der Waals surface area contributed by atoms with Crippen molar-refractivity contribution in [3.8, 4) is 6.07 Å². The van der Waals surface area contributed by atoms with Crippen molar-refractivity contribution < 1.29 is 0 Å². The molecule has 0 aliphatic heterocycles. The third kappa shape index (κ3) is 2.82. The van der Waals surface area contributed by atoms with Gasteiger partial charge in [-0.3, -0.25) is 0 Å². The van der Waals surface area contributed by atoms with Crippen LogP contribution < -0.4 is 0 Å². The van der Waals surface area contributed by atoms with E-state index in [1.807, 2.05) is 6.92 Å². The number of thiophene rings is 1. The predicted octanol–water partition coefficient (Wildman–Crippen LogP) is 3.27. The summed E-state index contributed by atoms with van der Waals surface area (Å²) in [5, 5.41) is 20.4. The Morgan fingerprint density at radius 1 is 1.58 bits per heavy atom. The van der Waals surface area contributed by atoms with Crippen LogP contribution in [-0.4, -0.2) is 20.0 Å². The Morgan fingerprint density at radius 3 is 3.05 bits per heavy atom. The molecular formula is C13H14N4S2. The van der Waals surface area contributed by atoms with Crippen LogP contribution in [-0.2, 0) is 6.42 Å². The second-order valence-corrected chi connectivity index (χ2v) is 6.99. The highest BCUT2D eigenvalue weighted by Crippen LogP contribution is 2.39. The average Bonchev–Trinajstić information content (AvgIpc) is 2.97. The summed E-state index contributed by atoms with van der Waals surface area (Å²) < 4.78 is 2.23. The van der Waals surface area contributed by atoms with Gasteiger partial charge in [-0.1, -0.05) is 17.8 Å². The van der Waals surface area contributed by atoms with Crippen molar-refractivity contribution >= 4 is 23.1 Å². The molecule has 1 atom stereocenters. The molecule has 1 aliphatic carbocycles. The van der Waals surface area contributed by atoms with Gasteiger partial charge < -0.3 is 4.57 Å². The Labute approximate surface area is 120 Å². The van der Waals surface area contributed by atoms with Crippen molar-refractivity contribution in [1.82, 2.24) is 14.8 Å². The smallest absolute Gasteiger partial charge is 0.192 e. The van der Waals surface area contributed by atoms with Gasteiger partial charge in [0.25, 0.3) is 0 Å². The van der Waals surface area contributed by atoms with Gasteiger partial charge in [0, 0.05) is 17.3 Å². The van der Waals surface area contributed by atoms with Gasteiger partial charge in [-0.05, 0) is 31.2 Å². The number of nitrogens with zero attached hydrogens (tertiary/aromatic N) is 4. The van der Waals surface area contributed by atoms with Gasteiger partial charge in [0.05, 0.1) is 11.3 Å². The molecule has 2 heterocycles. The van der Waals surface area contributed by atoms with E-state index in [0.29, 0.717) is 6.04 Å². The average molecular weight is 290 g/mol. The van der Waals surface area contributed by atoms with Crippen molar-refractivity contribution in [1.29, 1.82) is 5.26 Å². The number of thioether (sulfide) groups is 1. The topological polar surface area (TPSA) is 54.5 Å². The highest BCUT2D eigenvalue weighted by Gasteiger charge is 2.30. The molecule has 0 amide bonds. The lowest BCUT2D eigenvalue weighted by Crippen LogP contribution is -2.04. The monoisotopic (exact) mass is 290 g/mol. The zero-order chi connectivity index (χ0) is 13.2. The van der Waals surface area contributed by atoms with Crippen molar-refractivity contribution in [3.63, 3.8) is 0 Å². The molecule has 2 aromatic rings. The van der Waals surface area contributed by atoms with Crippen LogP contribution in [0.1, 0.15) is 36.5 Å². The molecule has 0 saturated heterocycles. The van der Waals surface area contributed by atoms with Crippen LogP contribution in [0, 0.1) is 11.3 Å². The first-order valence-electron chi connectivity index (χ1n) is 6.30. The standard InChI is InChI=1S/C13H14N4S2/c1-9(8-14)19-13-16-15-12(17(13)10-4-5-10)7-11-3-2-6-18-11/h2-3,6,9-10H,4-5,7H2,1H3/t9-/m0/s1. The van der Waals surface area contributed by atoms with Crippen molar-refractivity contribution in [2.45, 2.75) is 42.6 Å². The van der Waals surface area contributed by atoms with E-state index in [1.54, 1.807) is 11.3 Å². The van der Waals surface area contributed by atoms with E-state index in [1.165, 1.54) is 29.5 Å². The molecule has 0 unspecified atom stereocenters. The highest BCUT2D eigenvalue weighted by molar-refractivity contribution is 8.00. The Hall–Kier alpha value is -1.32. The quantitative estimate of drug-likeness (QED) is 0.793. The molecule has 4 nitrogen and oxygen atoms in total. The van der Waals surface area contributed by atoms with E-state index >= 15 is 0 Å². The van der Waals surface area contributed by atoms with E-state index in [0.717, 1.165) is 17.4 Å². The van der Waals surface area contributed by atoms with Gasteiger partial charge in [-0.15, -0.1) is 21.5 Å². The molecule has 6 heteroatoms. The maximum atomic E-state index is 8.93. The minimum absolute atomic E-state index is 0.0868. The third-order valence-corrected chi connectivity index (χ3v) is 4.85. The van der Waals surface area contributed by atoms with Crippen molar-refractivity contribution in [2.24, 2.45) is 0 Å². The van der Waals surface area contributed by atoms with Crippen LogP contribution in [0.5, 0.6) is 0 Å². The molecular weight excluding hydrogens is 276 g/mol. The van der Waals surface area contributed by atoms with Gasteiger partial charge in [-0.2, -0.15) is 5.26 Å². The van der Waals surface area contributed by atoms with Gasteiger partial charge in [-0.25, -0.2) is 0 Å². The summed E-state index contributed by atoms with van der Waals surface area (Å²) in [6.45, 7) is 1.90. The minimum atomic E-state index is -0.0868. The van der Waals surface area contributed by atoms with E-state index in [2.05, 4.69) is 38.3 Å². The summed E-state index contributed by atoms with van der Waals surface area (Å²) in [7, 11) is 0. The summed E-state index contributed by atoms with van der Waals surface area (Å²) in [6, 6.07) is 6.97. The second-order valence-electron chi connectivity index (χ2n) is 4.65. The third-order valence-electron chi connectivity index (χ3n) is 3.02. The molecule has 98 valence electrons. The molecule has 1 aliphatic rings. The zero-order valence-electron chi connectivity index (χ0n) is 10.6. The number of hydrogen-bond acceptors (Lipinski definition) is 5. The molecule has 0 bridgehead atoms. The van der Waals surface area contributed by atoms with Crippen LogP contribution >= 0.6 is 23.1 Å². The minimum Gasteiger partial charge on any atom is -0.303 e. The van der Waals surface area contributed by atoms with E-state index in [-0.39, 0.29) is 5.25 Å². The van der Waals surface area contributed by atoms with Crippen molar-refractivity contribution in [2.75, 3.05) is 0 Å². The van der Waals surface area contributed by atoms with Crippen LogP contribution in [0.3, 0.4) is 0 Å². The summed E-state index contributed by atoms with van der Waals surface area (Å²) in [5.74, 6) is 1.03. The summed E-state index contributed by atoms with van der Waals surface area (Å²) in [4.78, 5) is 1.30. The highest BCUT2D eigenvalue weighted by atomic mass is 32.2.